The van der Waals surface area contributed by atoms with Crippen LogP contribution in [0.2, 0.25) is 0 Å². The second-order valence-electron chi connectivity index (χ2n) is 5.03. The average molecular weight is 274 g/mol. The predicted octanol–water partition coefficient (Wildman–Crippen LogP) is 2.24. The SMILES string of the molecule is N[C@H]1CC[C@@H](c2nc(-c3ccc([N+](=O)[O-])cc3)no2)C1. The van der Waals surface area contributed by atoms with Crippen molar-refractivity contribution in [3.8, 4) is 11.4 Å². The Labute approximate surface area is 114 Å². The Bertz CT molecular complexity index is 623. The summed E-state index contributed by atoms with van der Waals surface area (Å²) in [4.78, 5) is 14.5. The highest BCUT2D eigenvalue weighted by molar-refractivity contribution is 5.56. The Morgan fingerprint density at radius 2 is 2.05 bits per heavy atom. The van der Waals surface area contributed by atoms with E-state index in [4.69, 9.17) is 10.3 Å². The third-order valence-corrected chi connectivity index (χ3v) is 3.60. The van der Waals surface area contributed by atoms with Crippen molar-refractivity contribution in [2.24, 2.45) is 5.73 Å². The molecule has 1 saturated carbocycles. The number of hydrogen-bond donors (Lipinski definition) is 1. The van der Waals surface area contributed by atoms with Gasteiger partial charge in [-0.15, -0.1) is 0 Å². The van der Waals surface area contributed by atoms with E-state index in [0.29, 0.717) is 17.3 Å². The van der Waals surface area contributed by atoms with Gasteiger partial charge in [-0.3, -0.25) is 10.1 Å². The third kappa shape index (κ3) is 2.39. The van der Waals surface area contributed by atoms with Crippen LogP contribution in [-0.4, -0.2) is 21.1 Å². The summed E-state index contributed by atoms with van der Waals surface area (Å²) in [5.41, 5.74) is 6.61. The lowest BCUT2D eigenvalue weighted by Gasteiger charge is -2.01. The van der Waals surface area contributed by atoms with Crippen LogP contribution in [0, 0.1) is 10.1 Å². The number of benzene rings is 1. The van der Waals surface area contributed by atoms with Crippen LogP contribution < -0.4 is 5.73 Å². The molecule has 1 heterocycles. The van der Waals surface area contributed by atoms with Crippen LogP contribution in [-0.2, 0) is 0 Å². The number of nitrogens with two attached hydrogens (primary N) is 1. The van der Waals surface area contributed by atoms with E-state index >= 15 is 0 Å². The summed E-state index contributed by atoms with van der Waals surface area (Å²) in [6.45, 7) is 0. The van der Waals surface area contributed by atoms with Crippen molar-refractivity contribution >= 4 is 5.69 Å². The molecule has 0 unspecified atom stereocenters. The van der Waals surface area contributed by atoms with Gasteiger partial charge < -0.3 is 10.3 Å². The summed E-state index contributed by atoms with van der Waals surface area (Å²) in [7, 11) is 0. The number of nitro benzene ring substituents is 1. The van der Waals surface area contributed by atoms with Crippen molar-refractivity contribution in [1.82, 2.24) is 10.1 Å². The van der Waals surface area contributed by atoms with E-state index in [0.717, 1.165) is 19.3 Å². The molecular weight excluding hydrogens is 260 g/mol. The number of nitro groups is 1. The molecule has 3 rings (SSSR count). The minimum Gasteiger partial charge on any atom is -0.339 e. The normalized spacial score (nSPS) is 22.1. The Hall–Kier alpha value is -2.28. The molecule has 0 amide bonds. The molecule has 1 fully saturated rings. The molecule has 20 heavy (non-hydrogen) atoms. The highest BCUT2D eigenvalue weighted by atomic mass is 16.6. The van der Waals surface area contributed by atoms with Crippen molar-refractivity contribution in [2.75, 3.05) is 0 Å². The highest BCUT2D eigenvalue weighted by Gasteiger charge is 2.28. The van der Waals surface area contributed by atoms with Crippen LogP contribution in [0.3, 0.4) is 0 Å². The topological polar surface area (TPSA) is 108 Å². The van der Waals surface area contributed by atoms with Crippen LogP contribution >= 0.6 is 0 Å². The van der Waals surface area contributed by atoms with E-state index in [-0.39, 0.29) is 17.6 Å². The number of non-ortho nitro benzene ring substituents is 1. The zero-order valence-corrected chi connectivity index (χ0v) is 10.7. The molecule has 1 aliphatic carbocycles. The van der Waals surface area contributed by atoms with Gasteiger partial charge in [0.2, 0.25) is 11.7 Å². The first-order chi connectivity index (χ1) is 9.63. The zero-order valence-electron chi connectivity index (χ0n) is 10.7. The molecule has 1 aromatic carbocycles. The zero-order chi connectivity index (χ0) is 14.1. The molecule has 7 heteroatoms. The Kier molecular flexibility index (Phi) is 3.19. The first kappa shape index (κ1) is 12.7. The molecule has 7 nitrogen and oxygen atoms in total. The van der Waals surface area contributed by atoms with E-state index in [1.165, 1.54) is 12.1 Å². The van der Waals surface area contributed by atoms with Crippen molar-refractivity contribution in [3.05, 3.63) is 40.3 Å². The monoisotopic (exact) mass is 274 g/mol. The molecule has 0 saturated heterocycles. The fraction of sp³-hybridized carbons (Fsp3) is 0.385. The molecule has 104 valence electrons. The van der Waals surface area contributed by atoms with Gasteiger partial charge >= 0.3 is 0 Å². The smallest absolute Gasteiger partial charge is 0.269 e. The van der Waals surface area contributed by atoms with Gasteiger partial charge in [0, 0.05) is 29.7 Å². The average Bonchev–Trinajstić information content (AvgIpc) is 3.07. The van der Waals surface area contributed by atoms with Crippen molar-refractivity contribution in [3.63, 3.8) is 0 Å². The Morgan fingerprint density at radius 3 is 2.65 bits per heavy atom. The fourth-order valence-corrected chi connectivity index (χ4v) is 2.49. The molecule has 2 atom stereocenters. The van der Waals surface area contributed by atoms with Crippen LogP contribution in [0.15, 0.2) is 28.8 Å². The number of aromatic nitrogens is 2. The summed E-state index contributed by atoms with van der Waals surface area (Å²) in [6, 6.07) is 6.29. The maximum Gasteiger partial charge on any atom is 0.269 e. The van der Waals surface area contributed by atoms with Crippen molar-refractivity contribution in [2.45, 2.75) is 31.2 Å². The molecule has 0 aliphatic heterocycles. The van der Waals surface area contributed by atoms with Gasteiger partial charge in [-0.25, -0.2) is 0 Å². The van der Waals surface area contributed by atoms with Gasteiger partial charge in [-0.2, -0.15) is 4.98 Å². The minimum atomic E-state index is -0.439. The maximum absolute atomic E-state index is 10.6. The Morgan fingerprint density at radius 1 is 1.30 bits per heavy atom. The molecule has 0 bridgehead atoms. The molecule has 2 aromatic rings. The first-order valence-electron chi connectivity index (χ1n) is 6.47. The van der Waals surface area contributed by atoms with Gasteiger partial charge in [-0.05, 0) is 31.4 Å². The predicted molar refractivity (Wildman–Crippen MR) is 71.0 cm³/mol. The number of nitrogens with zero attached hydrogens (tertiary/aromatic N) is 3. The van der Waals surface area contributed by atoms with Gasteiger partial charge in [0.25, 0.3) is 5.69 Å². The lowest BCUT2D eigenvalue weighted by Crippen LogP contribution is -2.14. The molecule has 1 aliphatic rings. The standard InChI is InChI=1S/C13H14N4O3/c14-10-4-1-9(7-10)13-15-12(16-20-13)8-2-5-11(6-3-8)17(18)19/h2-3,5-6,9-10H,1,4,7,14H2/t9-,10+/m1/s1. The lowest BCUT2D eigenvalue weighted by molar-refractivity contribution is -0.384. The second-order valence-corrected chi connectivity index (χ2v) is 5.03. The summed E-state index contributed by atoms with van der Waals surface area (Å²) in [6.07, 6.45) is 2.80. The summed E-state index contributed by atoms with van der Waals surface area (Å²) >= 11 is 0. The van der Waals surface area contributed by atoms with Gasteiger partial charge in [0.05, 0.1) is 4.92 Å². The van der Waals surface area contributed by atoms with E-state index in [1.54, 1.807) is 12.1 Å². The first-order valence-corrected chi connectivity index (χ1v) is 6.47. The van der Waals surface area contributed by atoms with Gasteiger partial charge in [0.1, 0.15) is 0 Å². The van der Waals surface area contributed by atoms with E-state index in [9.17, 15) is 10.1 Å². The quantitative estimate of drug-likeness (QED) is 0.679. The van der Waals surface area contributed by atoms with Crippen LogP contribution in [0.25, 0.3) is 11.4 Å². The van der Waals surface area contributed by atoms with Gasteiger partial charge in [0.15, 0.2) is 0 Å². The minimum absolute atomic E-state index is 0.0410. The van der Waals surface area contributed by atoms with Crippen molar-refractivity contribution < 1.29 is 9.45 Å². The molecule has 0 spiro atoms. The highest BCUT2D eigenvalue weighted by Crippen LogP contribution is 2.33. The van der Waals surface area contributed by atoms with E-state index in [1.807, 2.05) is 0 Å². The third-order valence-electron chi connectivity index (χ3n) is 3.60. The van der Waals surface area contributed by atoms with E-state index < -0.39 is 4.92 Å². The summed E-state index contributed by atoms with van der Waals surface area (Å²) in [5.74, 6) is 1.28. The molecule has 0 radical (unpaired) electrons. The van der Waals surface area contributed by atoms with Crippen LogP contribution in [0.1, 0.15) is 31.1 Å². The van der Waals surface area contributed by atoms with Crippen LogP contribution in [0.4, 0.5) is 5.69 Å². The van der Waals surface area contributed by atoms with Crippen LogP contribution in [0.5, 0.6) is 0 Å². The number of rotatable bonds is 3. The van der Waals surface area contributed by atoms with Crippen molar-refractivity contribution in [1.29, 1.82) is 0 Å². The molecular formula is C13H14N4O3. The summed E-state index contributed by atoms with van der Waals surface area (Å²) < 4.78 is 5.28. The number of hydrogen-bond acceptors (Lipinski definition) is 6. The van der Waals surface area contributed by atoms with Gasteiger partial charge in [-0.1, -0.05) is 5.16 Å². The maximum atomic E-state index is 10.6. The van der Waals surface area contributed by atoms with E-state index in [2.05, 4.69) is 10.1 Å². The second kappa shape index (κ2) is 5.01. The molecule has 1 aromatic heterocycles. The fourth-order valence-electron chi connectivity index (χ4n) is 2.49. The Balaban J connectivity index is 1.81. The lowest BCUT2D eigenvalue weighted by atomic mass is 10.1. The largest absolute Gasteiger partial charge is 0.339 e. The summed E-state index contributed by atoms with van der Waals surface area (Å²) in [5, 5.41) is 14.5. The molecule has 2 N–H and O–H groups in total.